The smallest absolute Gasteiger partial charge is 0.234 e. The third-order valence-electron chi connectivity index (χ3n) is 2.69. The number of ether oxygens (including phenoxy) is 2. The zero-order chi connectivity index (χ0) is 13.0. The van der Waals surface area contributed by atoms with Crippen LogP contribution in [0.4, 0.5) is 0 Å². The van der Waals surface area contributed by atoms with Gasteiger partial charge in [0.1, 0.15) is 11.5 Å². The molecular formula is C14H14ClO2Si. The summed E-state index contributed by atoms with van der Waals surface area (Å²) in [5, 5.41) is 2.29. The second-order valence-electron chi connectivity index (χ2n) is 3.77. The summed E-state index contributed by atoms with van der Waals surface area (Å²) in [5.74, 6) is 1.69. The molecule has 18 heavy (non-hydrogen) atoms. The van der Waals surface area contributed by atoms with Gasteiger partial charge < -0.3 is 9.47 Å². The van der Waals surface area contributed by atoms with E-state index in [-0.39, 0.29) is 0 Å². The van der Waals surface area contributed by atoms with Crippen LogP contribution in [0.1, 0.15) is 0 Å². The van der Waals surface area contributed by atoms with Crippen LogP contribution < -0.4 is 19.8 Å². The van der Waals surface area contributed by atoms with Gasteiger partial charge in [0, 0.05) is 0 Å². The van der Waals surface area contributed by atoms with Crippen LogP contribution in [-0.2, 0) is 0 Å². The molecular weight excluding hydrogens is 264 g/mol. The molecule has 2 nitrogen and oxygen atoms in total. The molecule has 0 N–H and O–H groups in total. The Morgan fingerprint density at radius 2 is 1.06 bits per heavy atom. The highest BCUT2D eigenvalue weighted by molar-refractivity contribution is 7.21. The van der Waals surface area contributed by atoms with Gasteiger partial charge in [0.05, 0.1) is 14.2 Å². The maximum absolute atomic E-state index is 6.54. The van der Waals surface area contributed by atoms with E-state index < -0.39 is 8.11 Å². The van der Waals surface area contributed by atoms with Gasteiger partial charge >= 0.3 is 0 Å². The summed E-state index contributed by atoms with van der Waals surface area (Å²) in [6, 6.07) is 15.8. The van der Waals surface area contributed by atoms with E-state index in [1.807, 2.05) is 48.5 Å². The molecule has 0 saturated heterocycles. The molecule has 0 fully saturated rings. The summed E-state index contributed by atoms with van der Waals surface area (Å²) in [6.07, 6.45) is 0. The third kappa shape index (κ3) is 2.86. The van der Waals surface area contributed by atoms with Gasteiger partial charge in [-0.05, 0) is 34.6 Å². The van der Waals surface area contributed by atoms with Crippen LogP contribution in [0, 0.1) is 0 Å². The van der Waals surface area contributed by atoms with Gasteiger partial charge in [-0.2, -0.15) is 11.1 Å². The second-order valence-corrected chi connectivity index (χ2v) is 6.69. The highest BCUT2D eigenvalue weighted by Gasteiger charge is 2.14. The number of methoxy groups -OCH3 is 2. The van der Waals surface area contributed by atoms with E-state index in [9.17, 15) is 0 Å². The minimum absolute atomic E-state index is 0.847. The SMILES string of the molecule is COc1ccc([Si](Cl)c2ccc(OC)cc2)cc1. The molecule has 0 bridgehead atoms. The van der Waals surface area contributed by atoms with Crippen molar-refractivity contribution in [3.8, 4) is 11.5 Å². The van der Waals surface area contributed by atoms with Crippen molar-refractivity contribution in [1.82, 2.24) is 0 Å². The summed E-state index contributed by atoms with van der Waals surface area (Å²) in [6.45, 7) is 0. The lowest BCUT2D eigenvalue weighted by molar-refractivity contribution is 0.415. The lowest BCUT2D eigenvalue weighted by atomic mass is 10.3. The molecule has 0 amide bonds. The highest BCUT2D eigenvalue weighted by atomic mass is 35.6. The molecule has 0 atom stereocenters. The van der Waals surface area contributed by atoms with E-state index in [1.165, 1.54) is 0 Å². The molecule has 4 heteroatoms. The van der Waals surface area contributed by atoms with Crippen LogP contribution in [0.5, 0.6) is 11.5 Å². The molecule has 2 aromatic carbocycles. The quantitative estimate of drug-likeness (QED) is 0.629. The first-order valence-electron chi connectivity index (χ1n) is 5.56. The fraction of sp³-hybridized carbons (Fsp3) is 0.143. The van der Waals surface area contributed by atoms with Gasteiger partial charge in [-0.3, -0.25) is 0 Å². The Kier molecular flexibility index (Phi) is 4.28. The van der Waals surface area contributed by atoms with Crippen molar-refractivity contribution in [1.29, 1.82) is 0 Å². The Labute approximate surface area is 113 Å². The summed E-state index contributed by atoms with van der Waals surface area (Å²) in [5.41, 5.74) is 0. The van der Waals surface area contributed by atoms with Crippen molar-refractivity contribution >= 4 is 29.6 Å². The Balaban J connectivity index is 2.20. The summed E-state index contributed by atoms with van der Waals surface area (Å²) >= 11 is 6.54. The highest BCUT2D eigenvalue weighted by Crippen LogP contribution is 2.09. The predicted molar refractivity (Wildman–Crippen MR) is 76.9 cm³/mol. The molecule has 0 saturated carbocycles. The van der Waals surface area contributed by atoms with Crippen molar-refractivity contribution in [3.05, 3.63) is 48.5 Å². The lowest BCUT2D eigenvalue weighted by Crippen LogP contribution is -2.36. The first kappa shape index (κ1) is 13.0. The van der Waals surface area contributed by atoms with Gasteiger partial charge in [0.2, 0.25) is 8.11 Å². The molecule has 2 aromatic rings. The van der Waals surface area contributed by atoms with Crippen molar-refractivity contribution in [2.75, 3.05) is 14.2 Å². The van der Waals surface area contributed by atoms with E-state index in [1.54, 1.807) is 14.2 Å². The lowest BCUT2D eigenvalue weighted by Gasteiger charge is -2.09. The predicted octanol–water partition coefficient (Wildman–Crippen LogP) is 2.05. The van der Waals surface area contributed by atoms with Crippen molar-refractivity contribution in [3.63, 3.8) is 0 Å². The number of benzene rings is 2. The molecule has 0 spiro atoms. The van der Waals surface area contributed by atoms with Crippen LogP contribution in [-0.4, -0.2) is 22.3 Å². The molecule has 0 aromatic heterocycles. The molecule has 2 rings (SSSR count). The van der Waals surface area contributed by atoms with Crippen LogP contribution in [0.25, 0.3) is 0 Å². The van der Waals surface area contributed by atoms with E-state index in [2.05, 4.69) is 0 Å². The molecule has 0 aliphatic carbocycles. The molecule has 0 heterocycles. The second kappa shape index (κ2) is 5.93. The zero-order valence-electron chi connectivity index (χ0n) is 10.3. The summed E-state index contributed by atoms with van der Waals surface area (Å²) < 4.78 is 10.3. The van der Waals surface area contributed by atoms with Gasteiger partial charge in [-0.25, -0.2) is 0 Å². The number of hydrogen-bond acceptors (Lipinski definition) is 2. The van der Waals surface area contributed by atoms with Gasteiger partial charge in [-0.15, -0.1) is 0 Å². The Morgan fingerprint density at radius 1 is 0.722 bits per heavy atom. The first-order valence-corrected chi connectivity index (χ1v) is 8.07. The first-order chi connectivity index (χ1) is 8.74. The molecule has 1 radical (unpaired) electrons. The van der Waals surface area contributed by atoms with E-state index in [0.717, 1.165) is 21.9 Å². The third-order valence-corrected chi connectivity index (χ3v) is 5.68. The molecule has 0 unspecified atom stereocenters. The minimum Gasteiger partial charge on any atom is -0.497 e. The van der Waals surface area contributed by atoms with Crippen LogP contribution in [0.2, 0.25) is 0 Å². The minimum atomic E-state index is -1.23. The van der Waals surface area contributed by atoms with Crippen LogP contribution >= 0.6 is 11.1 Å². The van der Waals surface area contributed by atoms with E-state index in [0.29, 0.717) is 0 Å². The van der Waals surface area contributed by atoms with Gasteiger partial charge in [0.25, 0.3) is 0 Å². The molecule has 0 aliphatic heterocycles. The van der Waals surface area contributed by atoms with E-state index >= 15 is 0 Å². The summed E-state index contributed by atoms with van der Waals surface area (Å²) in [7, 11) is 2.08. The van der Waals surface area contributed by atoms with Gasteiger partial charge in [-0.1, -0.05) is 24.3 Å². The monoisotopic (exact) mass is 277 g/mol. The average molecular weight is 278 g/mol. The zero-order valence-corrected chi connectivity index (χ0v) is 12.1. The Morgan fingerprint density at radius 3 is 1.33 bits per heavy atom. The maximum atomic E-state index is 6.54. The fourth-order valence-electron chi connectivity index (χ4n) is 1.64. The fourth-order valence-corrected chi connectivity index (χ4v) is 3.65. The maximum Gasteiger partial charge on any atom is 0.234 e. The van der Waals surface area contributed by atoms with Crippen molar-refractivity contribution in [2.24, 2.45) is 0 Å². The number of hydrogen-bond donors (Lipinski definition) is 0. The molecule has 93 valence electrons. The standard InChI is InChI=1S/C14H14ClO2Si/c1-16-11-3-7-13(8-4-11)18(15)14-9-5-12(17-2)6-10-14/h3-10H,1-2H3. The molecule has 0 aliphatic rings. The van der Waals surface area contributed by atoms with Gasteiger partial charge in [0.15, 0.2) is 0 Å². The van der Waals surface area contributed by atoms with Crippen molar-refractivity contribution < 1.29 is 9.47 Å². The van der Waals surface area contributed by atoms with Crippen LogP contribution in [0.15, 0.2) is 48.5 Å². The largest absolute Gasteiger partial charge is 0.497 e. The number of halogens is 1. The van der Waals surface area contributed by atoms with E-state index in [4.69, 9.17) is 20.6 Å². The Hall–Kier alpha value is -1.45. The Bertz CT molecular complexity index is 449. The number of rotatable bonds is 4. The summed E-state index contributed by atoms with van der Waals surface area (Å²) in [4.78, 5) is 0. The topological polar surface area (TPSA) is 18.5 Å². The van der Waals surface area contributed by atoms with Crippen molar-refractivity contribution in [2.45, 2.75) is 0 Å². The average Bonchev–Trinajstić information content (AvgIpc) is 2.47. The normalized spacial score (nSPS) is 10.4. The van der Waals surface area contributed by atoms with Crippen LogP contribution in [0.3, 0.4) is 0 Å².